The summed E-state index contributed by atoms with van der Waals surface area (Å²) in [5, 5.41) is 2.72. The molecule has 21 heavy (non-hydrogen) atoms. The fraction of sp³-hybridized carbons (Fsp3) is 0.125. The highest BCUT2D eigenvalue weighted by Crippen LogP contribution is 2.27. The van der Waals surface area contributed by atoms with Crippen molar-refractivity contribution in [2.45, 2.75) is 0 Å². The van der Waals surface area contributed by atoms with E-state index in [-0.39, 0.29) is 5.91 Å². The number of carbonyl (C=O) groups is 1. The molecule has 2 rings (SSSR count). The molecule has 0 unspecified atom stereocenters. The van der Waals surface area contributed by atoms with E-state index in [1.165, 1.54) is 6.08 Å². The van der Waals surface area contributed by atoms with Crippen LogP contribution in [0.1, 0.15) is 5.56 Å². The Kier molecular flexibility index (Phi) is 4.93. The largest absolute Gasteiger partial charge is 0.493 e. The van der Waals surface area contributed by atoms with Crippen LogP contribution in [0, 0.1) is 0 Å². The molecule has 0 bridgehead atoms. The van der Waals surface area contributed by atoms with Crippen molar-refractivity contribution in [3.63, 3.8) is 0 Å². The van der Waals surface area contributed by atoms with Gasteiger partial charge in [-0.25, -0.2) is 0 Å². The Morgan fingerprint density at radius 3 is 2.67 bits per heavy atom. The Bertz CT molecular complexity index is 639. The Morgan fingerprint density at radius 1 is 1.19 bits per heavy atom. The molecule has 0 aliphatic carbocycles. The minimum Gasteiger partial charge on any atom is -0.493 e. The zero-order valence-electron chi connectivity index (χ0n) is 11.9. The van der Waals surface area contributed by atoms with Crippen LogP contribution in [0.25, 0.3) is 6.08 Å². The van der Waals surface area contributed by atoms with Gasteiger partial charge < -0.3 is 14.8 Å². The zero-order chi connectivity index (χ0) is 15.1. The first-order chi connectivity index (χ1) is 10.2. The van der Waals surface area contributed by atoms with Gasteiger partial charge in [-0.15, -0.1) is 0 Å². The molecule has 0 atom stereocenters. The SMILES string of the molecule is COc1ccc(/C=C/C(=O)Nc2cccnc2)cc1OC. The Morgan fingerprint density at radius 2 is 2.00 bits per heavy atom. The van der Waals surface area contributed by atoms with Crippen LogP contribution in [-0.2, 0) is 4.79 Å². The molecule has 5 heteroatoms. The number of rotatable bonds is 5. The molecule has 0 fully saturated rings. The minimum absolute atomic E-state index is 0.224. The van der Waals surface area contributed by atoms with Gasteiger partial charge in [-0.3, -0.25) is 9.78 Å². The summed E-state index contributed by atoms with van der Waals surface area (Å²) in [6.45, 7) is 0. The first-order valence-corrected chi connectivity index (χ1v) is 6.34. The molecule has 0 saturated carbocycles. The molecular weight excluding hydrogens is 268 g/mol. The van der Waals surface area contributed by atoms with Crippen molar-refractivity contribution in [3.8, 4) is 11.5 Å². The summed E-state index contributed by atoms with van der Waals surface area (Å²) in [7, 11) is 3.15. The van der Waals surface area contributed by atoms with Crippen LogP contribution in [0.15, 0.2) is 48.8 Å². The average molecular weight is 284 g/mol. The van der Waals surface area contributed by atoms with E-state index < -0.39 is 0 Å². The number of ether oxygens (including phenoxy) is 2. The summed E-state index contributed by atoms with van der Waals surface area (Å²) in [4.78, 5) is 15.7. The van der Waals surface area contributed by atoms with Crippen LogP contribution in [-0.4, -0.2) is 25.1 Å². The van der Waals surface area contributed by atoms with Gasteiger partial charge in [0.25, 0.3) is 0 Å². The van der Waals surface area contributed by atoms with Crippen LogP contribution in [0.5, 0.6) is 11.5 Å². The number of pyridine rings is 1. The Hall–Kier alpha value is -2.82. The van der Waals surface area contributed by atoms with Crippen LogP contribution in [0.3, 0.4) is 0 Å². The molecule has 1 N–H and O–H groups in total. The monoisotopic (exact) mass is 284 g/mol. The summed E-state index contributed by atoms with van der Waals surface area (Å²) < 4.78 is 10.4. The first-order valence-electron chi connectivity index (χ1n) is 6.34. The number of hydrogen-bond acceptors (Lipinski definition) is 4. The molecule has 0 aliphatic rings. The Balaban J connectivity index is 2.05. The van der Waals surface area contributed by atoms with Gasteiger partial charge in [-0.2, -0.15) is 0 Å². The van der Waals surface area contributed by atoms with Gasteiger partial charge >= 0.3 is 0 Å². The maximum atomic E-state index is 11.8. The van der Waals surface area contributed by atoms with Crippen LogP contribution < -0.4 is 14.8 Å². The molecule has 0 spiro atoms. The van der Waals surface area contributed by atoms with E-state index in [0.29, 0.717) is 17.2 Å². The number of carbonyl (C=O) groups excluding carboxylic acids is 1. The molecule has 0 radical (unpaired) electrons. The third kappa shape index (κ3) is 4.07. The van der Waals surface area contributed by atoms with E-state index in [0.717, 1.165) is 5.56 Å². The van der Waals surface area contributed by atoms with E-state index >= 15 is 0 Å². The van der Waals surface area contributed by atoms with Crippen molar-refractivity contribution in [1.29, 1.82) is 0 Å². The normalized spacial score (nSPS) is 10.4. The number of benzene rings is 1. The van der Waals surface area contributed by atoms with Gasteiger partial charge in [-0.1, -0.05) is 6.07 Å². The smallest absolute Gasteiger partial charge is 0.248 e. The van der Waals surface area contributed by atoms with Gasteiger partial charge in [0, 0.05) is 12.3 Å². The van der Waals surface area contributed by atoms with E-state index in [9.17, 15) is 4.79 Å². The van der Waals surface area contributed by atoms with E-state index in [2.05, 4.69) is 10.3 Å². The van der Waals surface area contributed by atoms with Gasteiger partial charge in [0.2, 0.25) is 5.91 Å². The lowest BCUT2D eigenvalue weighted by Gasteiger charge is -2.07. The molecule has 0 aliphatic heterocycles. The molecule has 1 aromatic heterocycles. The highest BCUT2D eigenvalue weighted by atomic mass is 16.5. The molecule has 5 nitrogen and oxygen atoms in total. The summed E-state index contributed by atoms with van der Waals surface area (Å²) in [5.74, 6) is 1.04. The molecule has 108 valence electrons. The van der Waals surface area contributed by atoms with E-state index in [4.69, 9.17) is 9.47 Å². The summed E-state index contributed by atoms with van der Waals surface area (Å²) >= 11 is 0. The van der Waals surface area contributed by atoms with Crippen LogP contribution in [0.2, 0.25) is 0 Å². The second-order valence-corrected chi connectivity index (χ2v) is 4.18. The molecule has 1 aromatic carbocycles. The second-order valence-electron chi connectivity index (χ2n) is 4.18. The molecule has 1 heterocycles. The highest BCUT2D eigenvalue weighted by molar-refractivity contribution is 6.01. The number of anilines is 1. The highest BCUT2D eigenvalue weighted by Gasteiger charge is 2.03. The predicted octanol–water partition coefficient (Wildman–Crippen LogP) is 2.75. The fourth-order valence-electron chi connectivity index (χ4n) is 1.75. The maximum Gasteiger partial charge on any atom is 0.248 e. The quantitative estimate of drug-likeness (QED) is 0.858. The lowest BCUT2D eigenvalue weighted by Crippen LogP contribution is -2.07. The lowest BCUT2D eigenvalue weighted by molar-refractivity contribution is -0.111. The summed E-state index contributed by atoms with van der Waals surface area (Å²) in [6, 6.07) is 8.96. The number of aromatic nitrogens is 1. The average Bonchev–Trinajstić information content (AvgIpc) is 2.53. The third-order valence-corrected chi connectivity index (χ3v) is 2.76. The second kappa shape index (κ2) is 7.09. The number of nitrogens with one attached hydrogen (secondary N) is 1. The van der Waals surface area contributed by atoms with Crippen molar-refractivity contribution < 1.29 is 14.3 Å². The van der Waals surface area contributed by atoms with Gasteiger partial charge in [0.15, 0.2) is 11.5 Å². The van der Waals surface area contributed by atoms with Crippen molar-refractivity contribution in [2.24, 2.45) is 0 Å². The van der Waals surface area contributed by atoms with Gasteiger partial charge in [0.05, 0.1) is 26.1 Å². The lowest BCUT2D eigenvalue weighted by atomic mass is 10.2. The number of amides is 1. The van der Waals surface area contributed by atoms with Gasteiger partial charge in [0.1, 0.15) is 0 Å². The van der Waals surface area contributed by atoms with Crippen molar-refractivity contribution in [3.05, 3.63) is 54.4 Å². The number of hydrogen-bond donors (Lipinski definition) is 1. The predicted molar refractivity (Wildman–Crippen MR) is 81.4 cm³/mol. The zero-order valence-corrected chi connectivity index (χ0v) is 11.9. The first kappa shape index (κ1) is 14.6. The Labute approximate surface area is 123 Å². The van der Waals surface area contributed by atoms with Crippen LogP contribution in [0.4, 0.5) is 5.69 Å². The maximum absolute atomic E-state index is 11.8. The number of methoxy groups -OCH3 is 2. The van der Waals surface area contributed by atoms with Crippen molar-refractivity contribution in [2.75, 3.05) is 19.5 Å². The minimum atomic E-state index is -0.224. The number of nitrogens with zero attached hydrogens (tertiary/aromatic N) is 1. The molecular formula is C16H16N2O3. The van der Waals surface area contributed by atoms with Gasteiger partial charge in [-0.05, 0) is 35.9 Å². The molecule has 2 aromatic rings. The standard InChI is InChI=1S/C16H16N2O3/c1-20-14-7-5-12(10-15(14)21-2)6-8-16(19)18-13-4-3-9-17-11-13/h3-11H,1-2H3,(H,18,19)/b8-6+. The van der Waals surface area contributed by atoms with Crippen LogP contribution >= 0.6 is 0 Å². The van der Waals surface area contributed by atoms with E-state index in [1.807, 2.05) is 6.07 Å². The summed E-state index contributed by atoms with van der Waals surface area (Å²) in [6.07, 6.45) is 6.39. The van der Waals surface area contributed by atoms with E-state index in [1.54, 1.807) is 57.0 Å². The van der Waals surface area contributed by atoms with Crippen molar-refractivity contribution in [1.82, 2.24) is 4.98 Å². The fourth-order valence-corrected chi connectivity index (χ4v) is 1.75. The molecule has 0 saturated heterocycles. The topological polar surface area (TPSA) is 60.5 Å². The molecule has 1 amide bonds. The van der Waals surface area contributed by atoms with Crippen molar-refractivity contribution >= 4 is 17.7 Å². The summed E-state index contributed by atoms with van der Waals surface area (Å²) in [5.41, 5.74) is 1.49. The third-order valence-electron chi connectivity index (χ3n) is 2.76.